The van der Waals surface area contributed by atoms with Crippen molar-refractivity contribution in [2.24, 2.45) is 0 Å². The zero-order valence-corrected chi connectivity index (χ0v) is 10.5. The fraction of sp³-hybridized carbons (Fsp3) is 0.133. The summed E-state index contributed by atoms with van der Waals surface area (Å²) in [4.78, 5) is 4.19. The Balaban J connectivity index is 2.25. The van der Waals surface area contributed by atoms with Crippen LogP contribution in [0.1, 0.15) is 5.69 Å². The van der Waals surface area contributed by atoms with E-state index in [1.165, 1.54) is 12.5 Å². The molecule has 0 amide bonds. The van der Waals surface area contributed by atoms with Gasteiger partial charge < -0.3 is 9.73 Å². The summed E-state index contributed by atoms with van der Waals surface area (Å²) in [6.45, 7) is 0.609. The zero-order valence-electron chi connectivity index (χ0n) is 10.5. The molecule has 0 fully saturated rings. The topological polar surface area (TPSA) is 38.1 Å². The number of nitrogens with one attached hydrogen (secondary N) is 1. The van der Waals surface area contributed by atoms with Gasteiger partial charge in [0.2, 0.25) is 0 Å². The Kier molecular flexibility index (Phi) is 3.01. The number of aromatic nitrogens is 1. The minimum Gasteiger partial charge on any atom is -0.443 e. The Morgan fingerprint density at radius 2 is 1.95 bits per heavy atom. The molecule has 3 aromatic rings. The van der Waals surface area contributed by atoms with Gasteiger partial charge >= 0.3 is 0 Å². The highest BCUT2D eigenvalue weighted by Crippen LogP contribution is 2.32. The summed E-state index contributed by atoms with van der Waals surface area (Å²) < 4.78 is 19.3. The van der Waals surface area contributed by atoms with Crippen LogP contribution in [0.5, 0.6) is 0 Å². The lowest BCUT2D eigenvalue weighted by molar-refractivity contribution is 0.570. The number of benzene rings is 2. The predicted octanol–water partition coefficient (Wildman–Crippen LogP) is 3.35. The average molecular weight is 256 g/mol. The maximum Gasteiger partial charge on any atom is 0.181 e. The molecule has 2 aromatic carbocycles. The van der Waals surface area contributed by atoms with Gasteiger partial charge in [0.15, 0.2) is 12.2 Å². The van der Waals surface area contributed by atoms with Gasteiger partial charge in [0.25, 0.3) is 0 Å². The molecule has 0 unspecified atom stereocenters. The number of oxazole rings is 1. The molecule has 0 aliphatic heterocycles. The fourth-order valence-corrected chi connectivity index (χ4v) is 2.24. The molecule has 0 saturated heterocycles. The Labute approximate surface area is 110 Å². The molecule has 0 atom stereocenters. The van der Waals surface area contributed by atoms with E-state index < -0.39 is 0 Å². The second-order valence-electron chi connectivity index (χ2n) is 4.30. The largest absolute Gasteiger partial charge is 0.443 e. The summed E-state index contributed by atoms with van der Waals surface area (Å²) in [5.41, 5.74) is 1.68. The van der Waals surface area contributed by atoms with Crippen molar-refractivity contribution in [1.82, 2.24) is 10.3 Å². The van der Waals surface area contributed by atoms with Crippen molar-refractivity contribution in [3.63, 3.8) is 0 Å². The molecule has 0 aliphatic carbocycles. The third-order valence-corrected chi connectivity index (χ3v) is 3.10. The number of hydrogen-bond acceptors (Lipinski definition) is 3. The van der Waals surface area contributed by atoms with Gasteiger partial charge in [-0.15, -0.1) is 0 Å². The van der Waals surface area contributed by atoms with Crippen LogP contribution in [0.3, 0.4) is 0 Å². The van der Waals surface area contributed by atoms with Crippen LogP contribution in [0.4, 0.5) is 4.39 Å². The zero-order chi connectivity index (χ0) is 13.2. The lowest BCUT2D eigenvalue weighted by Gasteiger charge is -2.06. The Hall–Kier alpha value is -2.20. The van der Waals surface area contributed by atoms with Crippen molar-refractivity contribution in [2.45, 2.75) is 6.54 Å². The van der Waals surface area contributed by atoms with E-state index in [0.29, 0.717) is 17.7 Å². The standard InChI is InChI=1S/C15H13FN2O/c1-17-8-14-15(19-9-18-14)12-6-7-13(16)11-5-3-2-4-10(11)12/h2-7,9,17H,8H2,1H3. The fourth-order valence-electron chi connectivity index (χ4n) is 2.24. The first-order valence-electron chi connectivity index (χ1n) is 6.06. The molecule has 0 bridgehead atoms. The molecule has 1 N–H and O–H groups in total. The van der Waals surface area contributed by atoms with Gasteiger partial charge in [-0.2, -0.15) is 0 Å². The van der Waals surface area contributed by atoms with Crippen LogP contribution in [0.25, 0.3) is 22.1 Å². The first-order chi connectivity index (χ1) is 9.31. The third-order valence-electron chi connectivity index (χ3n) is 3.10. The normalized spacial score (nSPS) is 11.1. The van der Waals surface area contributed by atoms with Gasteiger partial charge in [-0.25, -0.2) is 9.37 Å². The van der Waals surface area contributed by atoms with E-state index in [2.05, 4.69) is 10.3 Å². The van der Waals surface area contributed by atoms with Gasteiger partial charge in [0.05, 0.1) is 0 Å². The minimum absolute atomic E-state index is 0.228. The molecule has 4 heteroatoms. The smallest absolute Gasteiger partial charge is 0.181 e. The first kappa shape index (κ1) is 11.9. The molecule has 0 radical (unpaired) electrons. The Morgan fingerprint density at radius 1 is 1.16 bits per heavy atom. The van der Waals surface area contributed by atoms with Gasteiger partial charge in [-0.3, -0.25) is 0 Å². The van der Waals surface area contributed by atoms with E-state index in [4.69, 9.17) is 4.42 Å². The number of halogens is 1. The molecule has 1 aromatic heterocycles. The van der Waals surface area contributed by atoms with Crippen LogP contribution in [0.15, 0.2) is 47.2 Å². The number of hydrogen-bond donors (Lipinski definition) is 1. The Bertz CT molecular complexity index is 721. The lowest BCUT2D eigenvalue weighted by Crippen LogP contribution is -2.06. The lowest BCUT2D eigenvalue weighted by atomic mass is 10.0. The maximum atomic E-state index is 13.8. The van der Waals surface area contributed by atoms with Crippen LogP contribution >= 0.6 is 0 Å². The summed E-state index contributed by atoms with van der Waals surface area (Å²) in [7, 11) is 1.85. The van der Waals surface area contributed by atoms with Crippen molar-refractivity contribution in [3.05, 3.63) is 54.3 Å². The highest BCUT2D eigenvalue weighted by molar-refractivity contribution is 5.96. The molecule has 0 saturated carbocycles. The van der Waals surface area contributed by atoms with E-state index >= 15 is 0 Å². The van der Waals surface area contributed by atoms with E-state index in [1.807, 2.05) is 25.2 Å². The average Bonchev–Trinajstić information content (AvgIpc) is 2.88. The van der Waals surface area contributed by atoms with Crippen molar-refractivity contribution < 1.29 is 8.81 Å². The predicted molar refractivity (Wildman–Crippen MR) is 72.2 cm³/mol. The molecular weight excluding hydrogens is 243 g/mol. The van der Waals surface area contributed by atoms with Gasteiger partial charge in [-0.05, 0) is 24.6 Å². The van der Waals surface area contributed by atoms with Crippen molar-refractivity contribution >= 4 is 10.8 Å². The maximum absolute atomic E-state index is 13.8. The molecule has 19 heavy (non-hydrogen) atoms. The molecule has 0 aliphatic rings. The van der Waals surface area contributed by atoms with Crippen molar-refractivity contribution in [2.75, 3.05) is 7.05 Å². The van der Waals surface area contributed by atoms with Gasteiger partial charge in [0.1, 0.15) is 11.5 Å². The number of rotatable bonds is 3. The van der Waals surface area contributed by atoms with Crippen LogP contribution in [-0.2, 0) is 6.54 Å². The van der Waals surface area contributed by atoms with Crippen LogP contribution in [0, 0.1) is 5.82 Å². The molecule has 0 spiro atoms. The molecule has 96 valence electrons. The Morgan fingerprint density at radius 3 is 2.74 bits per heavy atom. The quantitative estimate of drug-likeness (QED) is 0.781. The van der Waals surface area contributed by atoms with Crippen molar-refractivity contribution in [3.8, 4) is 11.3 Å². The second kappa shape index (κ2) is 4.82. The summed E-state index contributed by atoms with van der Waals surface area (Å²) in [5.74, 6) is 0.458. The highest BCUT2D eigenvalue weighted by Gasteiger charge is 2.14. The summed E-state index contributed by atoms with van der Waals surface area (Å²) in [5, 5.41) is 4.46. The van der Waals surface area contributed by atoms with E-state index in [9.17, 15) is 4.39 Å². The molecule has 1 heterocycles. The second-order valence-corrected chi connectivity index (χ2v) is 4.30. The summed E-state index contributed by atoms with van der Waals surface area (Å²) in [6.07, 6.45) is 1.42. The van der Waals surface area contributed by atoms with Gasteiger partial charge in [-0.1, -0.05) is 24.3 Å². The van der Waals surface area contributed by atoms with Crippen LogP contribution in [-0.4, -0.2) is 12.0 Å². The minimum atomic E-state index is -0.228. The van der Waals surface area contributed by atoms with Crippen LogP contribution in [0.2, 0.25) is 0 Å². The monoisotopic (exact) mass is 256 g/mol. The van der Waals surface area contributed by atoms with Gasteiger partial charge in [0, 0.05) is 17.5 Å². The first-order valence-corrected chi connectivity index (χ1v) is 6.06. The molecule has 3 nitrogen and oxygen atoms in total. The molecule has 3 rings (SSSR count). The number of nitrogens with zero attached hydrogens (tertiary/aromatic N) is 1. The summed E-state index contributed by atoms with van der Waals surface area (Å²) >= 11 is 0. The van der Waals surface area contributed by atoms with E-state index in [-0.39, 0.29) is 5.82 Å². The van der Waals surface area contributed by atoms with Crippen molar-refractivity contribution in [1.29, 1.82) is 0 Å². The molecular formula is C15H13FN2O. The highest BCUT2D eigenvalue weighted by atomic mass is 19.1. The SMILES string of the molecule is CNCc1ncoc1-c1ccc(F)c2ccccc12. The van der Waals surface area contributed by atoms with Crippen LogP contribution < -0.4 is 5.32 Å². The van der Waals surface area contributed by atoms with E-state index in [1.54, 1.807) is 12.1 Å². The van der Waals surface area contributed by atoms with E-state index in [0.717, 1.165) is 16.6 Å². The summed E-state index contributed by atoms with van der Waals surface area (Å²) in [6, 6.07) is 10.6. The third kappa shape index (κ3) is 2.00. The number of fused-ring (bicyclic) bond motifs is 1.